The quantitative estimate of drug-likeness (QED) is 0.696. The molecule has 1 aromatic heterocycles. The first kappa shape index (κ1) is 12.6. The zero-order chi connectivity index (χ0) is 13.0. The monoisotopic (exact) mass is 246 g/mol. The van der Waals surface area contributed by atoms with E-state index >= 15 is 0 Å². The summed E-state index contributed by atoms with van der Waals surface area (Å²) in [6.07, 6.45) is 1.74. The number of hydrogen-bond donors (Lipinski definition) is 3. The topological polar surface area (TPSA) is 69.8 Å². The van der Waals surface area contributed by atoms with Gasteiger partial charge in [-0.25, -0.2) is 0 Å². The summed E-state index contributed by atoms with van der Waals surface area (Å²) in [6, 6.07) is 5.94. The lowest BCUT2D eigenvalue weighted by Gasteiger charge is -2.09. The van der Waals surface area contributed by atoms with Crippen molar-refractivity contribution in [2.45, 2.75) is 19.9 Å². The summed E-state index contributed by atoms with van der Waals surface area (Å²) >= 11 is 0. The Labute approximate surface area is 106 Å². The van der Waals surface area contributed by atoms with Crippen molar-refractivity contribution in [3.05, 3.63) is 30.0 Å². The molecule has 2 rings (SSSR count). The molecule has 5 nitrogen and oxygen atoms in total. The Bertz CT molecular complexity index is 533. The summed E-state index contributed by atoms with van der Waals surface area (Å²) in [6.45, 7) is 5.55. The first-order valence-corrected chi connectivity index (χ1v) is 6.11. The van der Waals surface area contributed by atoms with Crippen molar-refractivity contribution < 1.29 is 4.79 Å². The Morgan fingerprint density at radius 1 is 1.39 bits per heavy atom. The highest BCUT2D eigenvalue weighted by Crippen LogP contribution is 2.12. The van der Waals surface area contributed by atoms with Crippen molar-refractivity contribution in [2.75, 3.05) is 13.1 Å². The minimum atomic E-state index is -0.0583. The number of nitrogens with zero attached hydrogens (tertiary/aromatic N) is 1. The van der Waals surface area contributed by atoms with Crippen molar-refractivity contribution in [3.8, 4) is 0 Å². The maximum atomic E-state index is 11.9. The van der Waals surface area contributed by atoms with Crippen LogP contribution in [-0.4, -0.2) is 35.2 Å². The average Bonchev–Trinajstić information content (AvgIpc) is 2.81. The van der Waals surface area contributed by atoms with Gasteiger partial charge in [-0.1, -0.05) is 19.9 Å². The summed E-state index contributed by atoms with van der Waals surface area (Å²) in [5.74, 6) is -0.0583. The van der Waals surface area contributed by atoms with E-state index in [1.54, 1.807) is 6.20 Å². The second kappa shape index (κ2) is 5.64. The van der Waals surface area contributed by atoms with E-state index in [0.717, 1.165) is 17.4 Å². The van der Waals surface area contributed by atoms with Crippen LogP contribution < -0.4 is 10.6 Å². The van der Waals surface area contributed by atoms with Gasteiger partial charge in [0.25, 0.3) is 5.91 Å². The molecule has 0 radical (unpaired) electrons. The molecule has 0 unspecified atom stereocenters. The second-order valence-electron chi connectivity index (χ2n) is 4.54. The molecule has 0 aliphatic heterocycles. The van der Waals surface area contributed by atoms with Gasteiger partial charge >= 0.3 is 0 Å². The molecule has 0 bridgehead atoms. The van der Waals surface area contributed by atoms with Crippen LogP contribution in [0.2, 0.25) is 0 Å². The molecule has 5 heteroatoms. The molecule has 1 amide bonds. The van der Waals surface area contributed by atoms with Gasteiger partial charge in [0, 0.05) is 30.1 Å². The number of hydrogen-bond acceptors (Lipinski definition) is 3. The van der Waals surface area contributed by atoms with Crippen LogP contribution in [0, 0.1) is 0 Å². The zero-order valence-corrected chi connectivity index (χ0v) is 10.7. The molecule has 0 saturated carbocycles. The molecule has 96 valence electrons. The van der Waals surface area contributed by atoms with E-state index in [9.17, 15) is 4.79 Å². The van der Waals surface area contributed by atoms with E-state index in [4.69, 9.17) is 0 Å². The predicted molar refractivity (Wildman–Crippen MR) is 71.6 cm³/mol. The number of nitrogens with one attached hydrogen (secondary N) is 3. The number of aromatic amines is 1. The highest BCUT2D eigenvalue weighted by atomic mass is 16.1. The van der Waals surface area contributed by atoms with Gasteiger partial charge in [0.2, 0.25) is 0 Å². The van der Waals surface area contributed by atoms with Gasteiger partial charge in [0.15, 0.2) is 0 Å². The van der Waals surface area contributed by atoms with Gasteiger partial charge in [0.05, 0.1) is 11.7 Å². The fourth-order valence-corrected chi connectivity index (χ4v) is 1.72. The fourth-order valence-electron chi connectivity index (χ4n) is 1.72. The summed E-state index contributed by atoms with van der Waals surface area (Å²) in [4.78, 5) is 11.9. The van der Waals surface area contributed by atoms with Gasteiger partial charge in [-0.2, -0.15) is 5.10 Å². The Morgan fingerprint density at radius 3 is 3.00 bits per heavy atom. The number of fused-ring (bicyclic) bond motifs is 1. The molecule has 0 aliphatic rings. The molecule has 3 N–H and O–H groups in total. The third kappa shape index (κ3) is 3.07. The zero-order valence-electron chi connectivity index (χ0n) is 10.7. The first-order chi connectivity index (χ1) is 8.66. The van der Waals surface area contributed by atoms with E-state index in [-0.39, 0.29) is 5.91 Å². The normalized spacial score (nSPS) is 11.1. The standard InChI is InChI=1S/C13H18N4O/c1-9(2)14-5-6-15-13(18)10-3-4-11-8-16-17-12(11)7-10/h3-4,7-9,14H,5-6H2,1-2H3,(H,15,18)(H,16,17). The number of aromatic nitrogens is 2. The Balaban J connectivity index is 1.92. The van der Waals surface area contributed by atoms with E-state index < -0.39 is 0 Å². The minimum Gasteiger partial charge on any atom is -0.351 e. The first-order valence-electron chi connectivity index (χ1n) is 6.11. The number of benzene rings is 1. The molecular weight excluding hydrogens is 228 g/mol. The van der Waals surface area contributed by atoms with Gasteiger partial charge in [-0.15, -0.1) is 0 Å². The van der Waals surface area contributed by atoms with Crippen LogP contribution >= 0.6 is 0 Å². The van der Waals surface area contributed by atoms with Gasteiger partial charge in [-0.05, 0) is 12.1 Å². The number of rotatable bonds is 5. The van der Waals surface area contributed by atoms with Crippen LogP contribution in [0.4, 0.5) is 0 Å². The van der Waals surface area contributed by atoms with Crippen molar-refractivity contribution in [1.82, 2.24) is 20.8 Å². The Morgan fingerprint density at radius 2 is 2.22 bits per heavy atom. The fraction of sp³-hybridized carbons (Fsp3) is 0.385. The van der Waals surface area contributed by atoms with Crippen molar-refractivity contribution in [1.29, 1.82) is 0 Å². The van der Waals surface area contributed by atoms with Crippen LogP contribution in [0.15, 0.2) is 24.4 Å². The Hall–Kier alpha value is -1.88. The van der Waals surface area contributed by atoms with E-state index in [1.165, 1.54) is 0 Å². The van der Waals surface area contributed by atoms with Gasteiger partial charge < -0.3 is 10.6 Å². The number of H-pyrrole nitrogens is 1. The molecule has 0 saturated heterocycles. The van der Waals surface area contributed by atoms with E-state index in [1.807, 2.05) is 18.2 Å². The van der Waals surface area contributed by atoms with E-state index in [2.05, 4.69) is 34.7 Å². The smallest absolute Gasteiger partial charge is 0.251 e. The predicted octanol–water partition coefficient (Wildman–Crippen LogP) is 1.29. The van der Waals surface area contributed by atoms with Crippen LogP contribution in [-0.2, 0) is 0 Å². The average molecular weight is 246 g/mol. The van der Waals surface area contributed by atoms with Crippen LogP contribution in [0.5, 0.6) is 0 Å². The van der Waals surface area contributed by atoms with Crippen LogP contribution in [0.25, 0.3) is 10.9 Å². The second-order valence-corrected chi connectivity index (χ2v) is 4.54. The third-order valence-corrected chi connectivity index (χ3v) is 2.67. The largest absolute Gasteiger partial charge is 0.351 e. The summed E-state index contributed by atoms with van der Waals surface area (Å²) in [5.41, 5.74) is 1.53. The summed E-state index contributed by atoms with van der Waals surface area (Å²) in [5, 5.41) is 13.9. The molecule has 1 aromatic carbocycles. The lowest BCUT2D eigenvalue weighted by Crippen LogP contribution is -2.34. The Kier molecular flexibility index (Phi) is 3.94. The molecule has 0 fully saturated rings. The molecule has 1 heterocycles. The molecule has 0 aliphatic carbocycles. The highest BCUT2D eigenvalue weighted by Gasteiger charge is 2.06. The van der Waals surface area contributed by atoms with E-state index in [0.29, 0.717) is 18.2 Å². The van der Waals surface area contributed by atoms with Crippen LogP contribution in [0.3, 0.4) is 0 Å². The van der Waals surface area contributed by atoms with Crippen molar-refractivity contribution in [3.63, 3.8) is 0 Å². The summed E-state index contributed by atoms with van der Waals surface area (Å²) < 4.78 is 0. The maximum absolute atomic E-state index is 11.9. The summed E-state index contributed by atoms with van der Waals surface area (Å²) in [7, 11) is 0. The lowest BCUT2D eigenvalue weighted by atomic mass is 10.1. The number of carbonyl (C=O) groups excluding carboxylic acids is 1. The highest BCUT2D eigenvalue weighted by molar-refractivity contribution is 5.97. The number of carbonyl (C=O) groups is 1. The molecule has 0 spiro atoms. The molecular formula is C13H18N4O. The minimum absolute atomic E-state index is 0.0583. The molecule has 0 atom stereocenters. The van der Waals surface area contributed by atoms with Gasteiger partial charge in [-0.3, -0.25) is 9.89 Å². The number of amides is 1. The van der Waals surface area contributed by atoms with Crippen molar-refractivity contribution >= 4 is 16.8 Å². The third-order valence-electron chi connectivity index (χ3n) is 2.67. The maximum Gasteiger partial charge on any atom is 0.251 e. The SMILES string of the molecule is CC(C)NCCNC(=O)c1ccc2cn[nH]c2c1. The van der Waals surface area contributed by atoms with Crippen LogP contribution in [0.1, 0.15) is 24.2 Å². The molecule has 18 heavy (non-hydrogen) atoms. The van der Waals surface area contributed by atoms with Gasteiger partial charge in [0.1, 0.15) is 0 Å². The van der Waals surface area contributed by atoms with Crippen molar-refractivity contribution in [2.24, 2.45) is 0 Å². The lowest BCUT2D eigenvalue weighted by molar-refractivity contribution is 0.0954. The molecule has 2 aromatic rings.